The summed E-state index contributed by atoms with van der Waals surface area (Å²) in [6, 6.07) is 14.5. The zero-order chi connectivity index (χ0) is 24.8. The topological polar surface area (TPSA) is 75.7 Å². The Bertz CT molecular complexity index is 1090. The SMILES string of the molecule is CCOC(=O)C1=C(C)N(Cc2cccc(C(=O)NC(C)CC)c2)C(=O)CC1c1ccc(Cl)cc1. The number of esters is 1. The summed E-state index contributed by atoms with van der Waals surface area (Å²) in [4.78, 5) is 40.3. The molecule has 0 radical (unpaired) electrons. The molecule has 1 heterocycles. The van der Waals surface area contributed by atoms with Crippen molar-refractivity contribution in [3.05, 3.63) is 81.5 Å². The number of rotatable bonds is 8. The van der Waals surface area contributed by atoms with Crippen LogP contribution in [0.4, 0.5) is 0 Å². The van der Waals surface area contributed by atoms with Crippen LogP contribution >= 0.6 is 11.6 Å². The van der Waals surface area contributed by atoms with E-state index in [1.807, 2.05) is 32.0 Å². The van der Waals surface area contributed by atoms with Gasteiger partial charge in [0.2, 0.25) is 5.91 Å². The van der Waals surface area contributed by atoms with Gasteiger partial charge in [-0.2, -0.15) is 0 Å². The van der Waals surface area contributed by atoms with Gasteiger partial charge in [0.15, 0.2) is 0 Å². The van der Waals surface area contributed by atoms with E-state index in [1.54, 1.807) is 49.1 Å². The van der Waals surface area contributed by atoms with Crippen LogP contribution in [0.5, 0.6) is 0 Å². The number of hydrogen-bond acceptors (Lipinski definition) is 4. The van der Waals surface area contributed by atoms with Crippen LogP contribution in [-0.2, 0) is 20.9 Å². The van der Waals surface area contributed by atoms with Crippen LogP contribution < -0.4 is 5.32 Å². The molecular formula is C27H31ClN2O4. The molecule has 0 saturated carbocycles. The molecule has 2 aromatic rings. The third kappa shape index (κ3) is 5.86. The Morgan fingerprint density at radius 3 is 2.53 bits per heavy atom. The van der Waals surface area contributed by atoms with E-state index in [0.717, 1.165) is 17.5 Å². The third-order valence-electron chi connectivity index (χ3n) is 6.11. The summed E-state index contributed by atoms with van der Waals surface area (Å²) in [5.74, 6) is -1.09. The average Bonchev–Trinajstić information content (AvgIpc) is 2.82. The van der Waals surface area contributed by atoms with Gasteiger partial charge in [-0.3, -0.25) is 9.59 Å². The first-order chi connectivity index (χ1) is 16.2. The molecule has 2 amide bonds. The van der Waals surface area contributed by atoms with Crippen LogP contribution in [0.3, 0.4) is 0 Å². The summed E-state index contributed by atoms with van der Waals surface area (Å²) in [6.45, 7) is 7.99. The molecule has 1 aliphatic heterocycles. The van der Waals surface area contributed by atoms with Crippen molar-refractivity contribution in [2.24, 2.45) is 0 Å². The van der Waals surface area contributed by atoms with Crippen LogP contribution in [0.2, 0.25) is 5.02 Å². The van der Waals surface area contributed by atoms with Crippen molar-refractivity contribution in [3.63, 3.8) is 0 Å². The molecule has 7 heteroatoms. The highest BCUT2D eigenvalue weighted by Gasteiger charge is 2.36. The van der Waals surface area contributed by atoms with Crippen molar-refractivity contribution in [2.45, 2.75) is 59.0 Å². The number of allylic oxidation sites excluding steroid dienone is 1. The van der Waals surface area contributed by atoms with Crippen LogP contribution in [0.15, 0.2) is 59.8 Å². The fraction of sp³-hybridized carbons (Fsp3) is 0.370. The molecule has 0 aromatic heterocycles. The number of carbonyl (C=O) groups is 3. The van der Waals surface area contributed by atoms with E-state index < -0.39 is 11.9 Å². The second kappa shape index (κ2) is 11.3. The molecule has 0 fully saturated rings. The van der Waals surface area contributed by atoms with Gasteiger partial charge in [0.05, 0.1) is 18.7 Å². The fourth-order valence-electron chi connectivity index (χ4n) is 4.06. The first-order valence-corrected chi connectivity index (χ1v) is 12.0. The van der Waals surface area contributed by atoms with Gasteiger partial charge in [0.1, 0.15) is 0 Å². The van der Waals surface area contributed by atoms with Gasteiger partial charge in [0.25, 0.3) is 5.91 Å². The van der Waals surface area contributed by atoms with Crippen molar-refractivity contribution < 1.29 is 19.1 Å². The Morgan fingerprint density at radius 2 is 1.88 bits per heavy atom. The number of hydrogen-bond donors (Lipinski definition) is 1. The van der Waals surface area contributed by atoms with Gasteiger partial charge in [0, 0.05) is 34.7 Å². The van der Waals surface area contributed by atoms with Gasteiger partial charge in [-0.1, -0.05) is 42.8 Å². The predicted octanol–water partition coefficient (Wildman–Crippen LogP) is 5.22. The summed E-state index contributed by atoms with van der Waals surface area (Å²) < 4.78 is 5.35. The summed E-state index contributed by atoms with van der Waals surface area (Å²) in [5.41, 5.74) is 3.20. The Hall–Kier alpha value is -3.12. The molecule has 2 unspecified atom stereocenters. The molecule has 180 valence electrons. The smallest absolute Gasteiger partial charge is 0.336 e. The molecule has 1 N–H and O–H groups in total. The van der Waals surface area contributed by atoms with Crippen molar-refractivity contribution in [1.29, 1.82) is 0 Å². The van der Waals surface area contributed by atoms with E-state index in [4.69, 9.17) is 16.3 Å². The van der Waals surface area contributed by atoms with E-state index >= 15 is 0 Å². The van der Waals surface area contributed by atoms with Crippen LogP contribution in [0, 0.1) is 0 Å². The zero-order valence-corrected chi connectivity index (χ0v) is 20.8. The largest absolute Gasteiger partial charge is 0.463 e. The molecule has 0 aliphatic carbocycles. The van der Waals surface area contributed by atoms with Crippen molar-refractivity contribution in [2.75, 3.05) is 6.61 Å². The van der Waals surface area contributed by atoms with Gasteiger partial charge in [-0.05, 0) is 62.6 Å². The molecule has 6 nitrogen and oxygen atoms in total. The highest BCUT2D eigenvalue weighted by Crippen LogP contribution is 2.38. The molecule has 0 saturated heterocycles. The number of nitrogens with zero attached hydrogens (tertiary/aromatic N) is 1. The fourth-order valence-corrected chi connectivity index (χ4v) is 4.19. The standard InChI is InChI=1S/C27H31ClN2O4/c1-5-17(3)29-26(32)21-9-7-8-19(14-21)16-30-18(4)25(27(33)34-6-2)23(15-24(30)31)20-10-12-22(28)13-11-20/h7-14,17,23H,5-6,15-16H2,1-4H3,(H,29,32). The van der Waals surface area contributed by atoms with E-state index in [1.165, 1.54) is 0 Å². The highest BCUT2D eigenvalue weighted by molar-refractivity contribution is 6.30. The number of halogens is 1. The maximum absolute atomic E-state index is 13.2. The molecule has 1 aliphatic rings. The lowest BCUT2D eigenvalue weighted by atomic mass is 9.83. The summed E-state index contributed by atoms with van der Waals surface area (Å²) >= 11 is 6.03. The number of nitrogens with one attached hydrogen (secondary N) is 1. The summed E-state index contributed by atoms with van der Waals surface area (Å²) in [5, 5.41) is 3.55. The molecule has 2 aromatic carbocycles. The van der Waals surface area contributed by atoms with Gasteiger partial charge < -0.3 is 15.0 Å². The zero-order valence-electron chi connectivity index (χ0n) is 20.1. The Balaban J connectivity index is 1.93. The minimum atomic E-state index is -0.431. The summed E-state index contributed by atoms with van der Waals surface area (Å²) in [7, 11) is 0. The molecular weight excluding hydrogens is 452 g/mol. The lowest BCUT2D eigenvalue weighted by Gasteiger charge is -2.34. The lowest BCUT2D eigenvalue weighted by Crippen LogP contribution is -2.38. The number of amides is 2. The maximum atomic E-state index is 13.2. The van der Waals surface area contributed by atoms with E-state index in [-0.39, 0.29) is 37.4 Å². The lowest BCUT2D eigenvalue weighted by molar-refractivity contribution is -0.140. The highest BCUT2D eigenvalue weighted by atomic mass is 35.5. The van der Waals surface area contributed by atoms with E-state index in [2.05, 4.69) is 5.32 Å². The van der Waals surface area contributed by atoms with Gasteiger partial charge >= 0.3 is 5.97 Å². The van der Waals surface area contributed by atoms with Crippen LogP contribution in [0.25, 0.3) is 0 Å². The maximum Gasteiger partial charge on any atom is 0.336 e. The Labute approximate surface area is 205 Å². The minimum absolute atomic E-state index is 0.0712. The van der Waals surface area contributed by atoms with Crippen molar-refractivity contribution in [1.82, 2.24) is 10.2 Å². The first kappa shape index (κ1) is 25.5. The Kier molecular flexibility index (Phi) is 8.51. The minimum Gasteiger partial charge on any atom is -0.463 e. The van der Waals surface area contributed by atoms with Gasteiger partial charge in [-0.15, -0.1) is 0 Å². The quantitative estimate of drug-likeness (QED) is 0.523. The monoisotopic (exact) mass is 482 g/mol. The van der Waals surface area contributed by atoms with Crippen molar-refractivity contribution >= 4 is 29.4 Å². The molecule has 34 heavy (non-hydrogen) atoms. The molecule has 0 spiro atoms. The van der Waals surface area contributed by atoms with Crippen LogP contribution in [-0.4, -0.2) is 35.3 Å². The van der Waals surface area contributed by atoms with Crippen molar-refractivity contribution in [3.8, 4) is 0 Å². The second-order valence-electron chi connectivity index (χ2n) is 8.49. The number of ether oxygens (including phenoxy) is 1. The first-order valence-electron chi connectivity index (χ1n) is 11.6. The molecule has 2 atom stereocenters. The third-order valence-corrected chi connectivity index (χ3v) is 6.36. The van der Waals surface area contributed by atoms with E-state index in [9.17, 15) is 14.4 Å². The Morgan fingerprint density at radius 1 is 1.18 bits per heavy atom. The number of carbonyl (C=O) groups excluding carboxylic acids is 3. The predicted molar refractivity (Wildman–Crippen MR) is 132 cm³/mol. The second-order valence-corrected chi connectivity index (χ2v) is 8.93. The van der Waals surface area contributed by atoms with E-state index in [0.29, 0.717) is 21.9 Å². The molecule has 3 rings (SSSR count). The summed E-state index contributed by atoms with van der Waals surface area (Å²) in [6.07, 6.45) is 0.977. The average molecular weight is 483 g/mol. The normalized spacial score (nSPS) is 16.9. The van der Waals surface area contributed by atoms with Gasteiger partial charge in [-0.25, -0.2) is 4.79 Å². The van der Waals surface area contributed by atoms with Crippen LogP contribution in [0.1, 0.15) is 67.9 Å². The molecule has 0 bridgehead atoms. The number of benzene rings is 2.